The number of para-hydroxylation sites is 1. The number of hydrogen-bond donors (Lipinski definition) is 1. The predicted molar refractivity (Wildman–Crippen MR) is 88.4 cm³/mol. The van der Waals surface area contributed by atoms with Crippen molar-refractivity contribution in [1.29, 1.82) is 5.26 Å². The molecule has 2 atom stereocenters. The molecule has 0 amide bonds. The van der Waals surface area contributed by atoms with Gasteiger partial charge in [0.25, 0.3) is 0 Å². The van der Waals surface area contributed by atoms with E-state index in [0.717, 1.165) is 25.9 Å². The van der Waals surface area contributed by atoms with Gasteiger partial charge in [-0.1, -0.05) is 29.8 Å². The van der Waals surface area contributed by atoms with E-state index in [0.29, 0.717) is 18.4 Å². The number of nitrogens with zero attached hydrogens (tertiary/aromatic N) is 2. The van der Waals surface area contributed by atoms with Gasteiger partial charge in [0.2, 0.25) is 0 Å². The van der Waals surface area contributed by atoms with E-state index in [4.69, 9.17) is 0 Å². The van der Waals surface area contributed by atoms with Gasteiger partial charge in [0, 0.05) is 36.1 Å². The fourth-order valence-corrected chi connectivity index (χ4v) is 4.31. The molecule has 0 bridgehead atoms. The Morgan fingerprint density at radius 1 is 1.41 bits per heavy atom. The standard InChI is InChI=1S/C19H21N3/c1-2-13-11-14(7-9-20)19-18-16(8-10-22(19)12-13)15-5-3-4-6-17(15)21-18/h2-6,14,19,21H,7-8,10-12H2,1H3/b13-2-/t14-,19+/m0/s1. The van der Waals surface area contributed by atoms with E-state index in [1.54, 1.807) is 0 Å². The van der Waals surface area contributed by atoms with E-state index >= 15 is 0 Å². The van der Waals surface area contributed by atoms with Crippen LogP contribution in [0.4, 0.5) is 0 Å². The molecule has 3 heterocycles. The highest BCUT2D eigenvalue weighted by molar-refractivity contribution is 5.85. The molecule has 4 rings (SSSR count). The highest BCUT2D eigenvalue weighted by Crippen LogP contribution is 2.44. The predicted octanol–water partition coefficient (Wildman–Crippen LogP) is 3.95. The summed E-state index contributed by atoms with van der Waals surface area (Å²) in [5.74, 6) is 0.400. The maximum atomic E-state index is 9.26. The van der Waals surface area contributed by atoms with Crippen LogP contribution in [0.3, 0.4) is 0 Å². The second-order valence-electron chi connectivity index (χ2n) is 6.50. The van der Waals surface area contributed by atoms with E-state index in [9.17, 15) is 5.26 Å². The van der Waals surface area contributed by atoms with Crippen LogP contribution in [0.5, 0.6) is 0 Å². The van der Waals surface area contributed by atoms with Crippen LogP contribution in [0.1, 0.15) is 37.1 Å². The fourth-order valence-electron chi connectivity index (χ4n) is 4.31. The Morgan fingerprint density at radius 2 is 2.27 bits per heavy atom. The summed E-state index contributed by atoms with van der Waals surface area (Å²) in [6.45, 7) is 4.27. The van der Waals surface area contributed by atoms with Gasteiger partial charge < -0.3 is 4.98 Å². The molecule has 1 aromatic heterocycles. The van der Waals surface area contributed by atoms with Crippen LogP contribution >= 0.6 is 0 Å². The van der Waals surface area contributed by atoms with Crippen LogP contribution < -0.4 is 0 Å². The van der Waals surface area contributed by atoms with Crippen LogP contribution in [0.15, 0.2) is 35.9 Å². The molecule has 2 aromatic rings. The lowest BCUT2D eigenvalue weighted by molar-refractivity contribution is 0.111. The normalized spacial score (nSPS) is 26.6. The maximum Gasteiger partial charge on any atom is 0.0625 e. The van der Waals surface area contributed by atoms with Crippen molar-refractivity contribution in [3.05, 3.63) is 47.2 Å². The van der Waals surface area contributed by atoms with Gasteiger partial charge in [-0.05, 0) is 37.3 Å². The van der Waals surface area contributed by atoms with E-state index in [2.05, 4.69) is 53.2 Å². The smallest absolute Gasteiger partial charge is 0.0625 e. The van der Waals surface area contributed by atoms with Gasteiger partial charge in [0.05, 0.1) is 12.1 Å². The molecule has 3 nitrogen and oxygen atoms in total. The second kappa shape index (κ2) is 5.30. The van der Waals surface area contributed by atoms with Crippen LogP contribution in [-0.4, -0.2) is 23.0 Å². The van der Waals surface area contributed by atoms with Gasteiger partial charge in [-0.3, -0.25) is 4.90 Å². The number of H-pyrrole nitrogens is 1. The van der Waals surface area contributed by atoms with Gasteiger partial charge in [-0.2, -0.15) is 5.26 Å². The first-order valence-electron chi connectivity index (χ1n) is 8.16. The van der Waals surface area contributed by atoms with Crippen molar-refractivity contribution in [3.8, 4) is 6.07 Å². The fraction of sp³-hybridized carbons (Fsp3) is 0.421. The quantitative estimate of drug-likeness (QED) is 0.808. The molecule has 0 spiro atoms. The monoisotopic (exact) mass is 291 g/mol. The summed E-state index contributed by atoms with van der Waals surface area (Å²) in [7, 11) is 0. The second-order valence-corrected chi connectivity index (χ2v) is 6.50. The Hall–Kier alpha value is -2.05. The summed E-state index contributed by atoms with van der Waals surface area (Å²) < 4.78 is 0. The lowest BCUT2D eigenvalue weighted by Crippen LogP contribution is -2.44. The average molecular weight is 291 g/mol. The highest BCUT2D eigenvalue weighted by Gasteiger charge is 2.39. The topological polar surface area (TPSA) is 42.8 Å². The SMILES string of the molecule is C/C=C1/C[C@H](CC#N)[C@@H]2c3[nH]c4ccccc4c3CCN2C1. The van der Waals surface area contributed by atoms with Crippen molar-refractivity contribution in [1.82, 2.24) is 9.88 Å². The number of allylic oxidation sites excluding steroid dienone is 1. The first-order chi connectivity index (χ1) is 10.8. The van der Waals surface area contributed by atoms with Crippen molar-refractivity contribution in [2.24, 2.45) is 5.92 Å². The number of hydrogen-bond acceptors (Lipinski definition) is 2. The number of nitriles is 1. The molecule has 0 saturated carbocycles. The molecule has 22 heavy (non-hydrogen) atoms. The molecule has 1 aromatic carbocycles. The average Bonchev–Trinajstić information content (AvgIpc) is 2.93. The number of nitrogens with one attached hydrogen (secondary N) is 1. The van der Waals surface area contributed by atoms with Gasteiger partial charge in [0.1, 0.15) is 0 Å². The Bertz CT molecular complexity index is 778. The Kier molecular flexibility index (Phi) is 3.28. The number of piperidine rings is 1. The molecular weight excluding hydrogens is 270 g/mol. The summed E-state index contributed by atoms with van der Waals surface area (Å²) in [6, 6.07) is 11.4. The lowest BCUT2D eigenvalue weighted by atomic mass is 9.79. The molecule has 1 saturated heterocycles. The Balaban J connectivity index is 1.82. The molecule has 112 valence electrons. The zero-order valence-electron chi connectivity index (χ0n) is 13.0. The molecular formula is C19H21N3. The highest BCUT2D eigenvalue weighted by atomic mass is 15.2. The van der Waals surface area contributed by atoms with Gasteiger partial charge in [-0.25, -0.2) is 0 Å². The van der Waals surface area contributed by atoms with Crippen molar-refractivity contribution in [3.63, 3.8) is 0 Å². The zero-order chi connectivity index (χ0) is 15.1. The summed E-state index contributed by atoms with van der Waals surface area (Å²) >= 11 is 0. The summed E-state index contributed by atoms with van der Waals surface area (Å²) in [5.41, 5.74) is 5.56. The zero-order valence-corrected chi connectivity index (χ0v) is 13.0. The Labute approximate surface area is 131 Å². The first-order valence-corrected chi connectivity index (χ1v) is 8.16. The number of aromatic amines is 1. The molecule has 0 aliphatic carbocycles. The number of fused-ring (bicyclic) bond motifs is 5. The Morgan fingerprint density at radius 3 is 3.09 bits per heavy atom. The first kappa shape index (κ1) is 13.6. The third kappa shape index (κ3) is 1.99. The molecule has 1 fully saturated rings. The summed E-state index contributed by atoms with van der Waals surface area (Å²) in [5, 5.41) is 10.6. The van der Waals surface area contributed by atoms with Crippen LogP contribution in [0.2, 0.25) is 0 Å². The molecule has 3 heteroatoms. The van der Waals surface area contributed by atoms with Crippen molar-refractivity contribution in [2.75, 3.05) is 13.1 Å². The maximum absolute atomic E-state index is 9.26. The molecule has 1 N–H and O–H groups in total. The van der Waals surface area contributed by atoms with Gasteiger partial charge >= 0.3 is 0 Å². The minimum atomic E-state index is 0.375. The summed E-state index contributed by atoms with van der Waals surface area (Å²) in [6.07, 6.45) is 5.03. The van der Waals surface area contributed by atoms with Crippen LogP contribution in [0, 0.1) is 17.2 Å². The van der Waals surface area contributed by atoms with E-state index in [1.807, 2.05) is 0 Å². The molecule has 2 aliphatic heterocycles. The van der Waals surface area contributed by atoms with Crippen molar-refractivity contribution >= 4 is 10.9 Å². The van der Waals surface area contributed by atoms with Gasteiger partial charge in [0.15, 0.2) is 0 Å². The van der Waals surface area contributed by atoms with Gasteiger partial charge in [-0.15, -0.1) is 0 Å². The van der Waals surface area contributed by atoms with E-state index in [-0.39, 0.29) is 0 Å². The largest absolute Gasteiger partial charge is 0.357 e. The lowest BCUT2D eigenvalue weighted by Gasteiger charge is -2.44. The van der Waals surface area contributed by atoms with Crippen LogP contribution in [-0.2, 0) is 6.42 Å². The van der Waals surface area contributed by atoms with Crippen molar-refractivity contribution in [2.45, 2.75) is 32.2 Å². The molecule has 0 unspecified atom stereocenters. The molecule has 2 aliphatic rings. The van der Waals surface area contributed by atoms with E-state index < -0.39 is 0 Å². The number of benzene rings is 1. The molecule has 0 radical (unpaired) electrons. The number of rotatable bonds is 1. The van der Waals surface area contributed by atoms with Crippen molar-refractivity contribution < 1.29 is 0 Å². The summed E-state index contributed by atoms with van der Waals surface area (Å²) in [4.78, 5) is 6.23. The minimum Gasteiger partial charge on any atom is -0.357 e. The number of aromatic nitrogens is 1. The third-order valence-corrected chi connectivity index (χ3v) is 5.32. The van der Waals surface area contributed by atoms with E-state index in [1.165, 1.54) is 27.7 Å². The van der Waals surface area contributed by atoms with Crippen LogP contribution in [0.25, 0.3) is 10.9 Å². The third-order valence-electron chi connectivity index (χ3n) is 5.32. The minimum absolute atomic E-state index is 0.375.